The molecule has 0 aliphatic carbocycles. The van der Waals surface area contributed by atoms with E-state index in [1.807, 2.05) is 19.1 Å². The Bertz CT molecular complexity index is 430. The second kappa shape index (κ2) is 10.9. The number of nitrogens with zero attached hydrogens (tertiary/aromatic N) is 1. The van der Waals surface area contributed by atoms with Gasteiger partial charge >= 0.3 is 0 Å². The van der Waals surface area contributed by atoms with Gasteiger partial charge in [-0.3, -0.25) is 4.99 Å². The van der Waals surface area contributed by atoms with Gasteiger partial charge in [-0.15, -0.1) is 0 Å². The second-order valence-corrected chi connectivity index (χ2v) is 5.19. The average molecular weight is 307 g/mol. The standard InChI is InChI=1S/C17H29N3O2/c1-5-21-12-10-19-17(18-4)20-11-13-22-16-8-6-15(7-9-16)14(2)3/h6-9,14H,5,10-13H2,1-4H3,(H2,18,19,20). The minimum Gasteiger partial charge on any atom is -0.492 e. The van der Waals surface area contributed by atoms with Crippen LogP contribution in [-0.4, -0.2) is 45.9 Å². The van der Waals surface area contributed by atoms with Crippen LogP contribution in [0.5, 0.6) is 5.75 Å². The van der Waals surface area contributed by atoms with E-state index in [4.69, 9.17) is 9.47 Å². The Balaban J connectivity index is 2.20. The molecule has 2 N–H and O–H groups in total. The van der Waals surface area contributed by atoms with Crippen LogP contribution in [0.3, 0.4) is 0 Å². The smallest absolute Gasteiger partial charge is 0.191 e. The molecule has 0 spiro atoms. The van der Waals surface area contributed by atoms with Crippen LogP contribution in [0, 0.1) is 0 Å². The third-order valence-electron chi connectivity index (χ3n) is 3.18. The van der Waals surface area contributed by atoms with Crippen LogP contribution in [0.25, 0.3) is 0 Å². The Hall–Kier alpha value is -1.75. The van der Waals surface area contributed by atoms with Gasteiger partial charge in [0.1, 0.15) is 12.4 Å². The van der Waals surface area contributed by atoms with E-state index < -0.39 is 0 Å². The first-order chi connectivity index (χ1) is 10.7. The summed E-state index contributed by atoms with van der Waals surface area (Å²) in [6.45, 7) is 9.79. The van der Waals surface area contributed by atoms with E-state index in [0.717, 1.165) is 24.9 Å². The maximum Gasteiger partial charge on any atom is 0.191 e. The zero-order valence-corrected chi connectivity index (χ0v) is 14.2. The fourth-order valence-corrected chi connectivity index (χ4v) is 1.89. The number of guanidine groups is 1. The highest BCUT2D eigenvalue weighted by molar-refractivity contribution is 5.79. The number of ether oxygens (including phenoxy) is 2. The summed E-state index contributed by atoms with van der Waals surface area (Å²) in [6.07, 6.45) is 0. The molecule has 0 heterocycles. The first-order valence-electron chi connectivity index (χ1n) is 7.92. The molecule has 0 saturated heterocycles. The zero-order valence-electron chi connectivity index (χ0n) is 14.2. The summed E-state index contributed by atoms with van der Waals surface area (Å²) < 4.78 is 11.0. The van der Waals surface area contributed by atoms with Gasteiger partial charge in [0.05, 0.1) is 13.2 Å². The van der Waals surface area contributed by atoms with Crippen LogP contribution in [-0.2, 0) is 4.74 Å². The summed E-state index contributed by atoms with van der Waals surface area (Å²) in [5.74, 6) is 2.20. The van der Waals surface area contributed by atoms with Crippen molar-refractivity contribution in [1.82, 2.24) is 10.6 Å². The van der Waals surface area contributed by atoms with Gasteiger partial charge in [0.15, 0.2) is 5.96 Å². The molecule has 0 bridgehead atoms. The van der Waals surface area contributed by atoms with Crippen molar-refractivity contribution in [3.05, 3.63) is 29.8 Å². The molecule has 0 aliphatic heterocycles. The number of benzene rings is 1. The van der Waals surface area contributed by atoms with E-state index in [1.165, 1.54) is 5.56 Å². The van der Waals surface area contributed by atoms with E-state index in [0.29, 0.717) is 25.7 Å². The molecule has 5 heteroatoms. The summed E-state index contributed by atoms with van der Waals surface area (Å²) in [5.41, 5.74) is 1.32. The Kier molecular flexibility index (Phi) is 9.07. The van der Waals surface area contributed by atoms with Crippen LogP contribution in [0.1, 0.15) is 32.3 Å². The fraction of sp³-hybridized carbons (Fsp3) is 0.588. The monoisotopic (exact) mass is 307 g/mol. The van der Waals surface area contributed by atoms with E-state index in [2.05, 4.69) is 41.6 Å². The van der Waals surface area contributed by atoms with Crippen molar-refractivity contribution >= 4 is 5.96 Å². The lowest BCUT2D eigenvalue weighted by Crippen LogP contribution is -2.40. The minimum absolute atomic E-state index is 0.543. The molecule has 1 aromatic carbocycles. The van der Waals surface area contributed by atoms with Crippen molar-refractivity contribution < 1.29 is 9.47 Å². The van der Waals surface area contributed by atoms with Crippen LogP contribution in [0.15, 0.2) is 29.3 Å². The number of hydrogen-bond acceptors (Lipinski definition) is 3. The van der Waals surface area contributed by atoms with Crippen molar-refractivity contribution in [3.63, 3.8) is 0 Å². The minimum atomic E-state index is 0.543. The van der Waals surface area contributed by atoms with Gasteiger partial charge in [-0.05, 0) is 30.5 Å². The van der Waals surface area contributed by atoms with Crippen molar-refractivity contribution in [2.45, 2.75) is 26.7 Å². The summed E-state index contributed by atoms with van der Waals surface area (Å²) in [5, 5.41) is 6.39. The van der Waals surface area contributed by atoms with Crippen molar-refractivity contribution in [2.24, 2.45) is 4.99 Å². The Morgan fingerprint density at radius 3 is 2.27 bits per heavy atom. The van der Waals surface area contributed by atoms with E-state index in [9.17, 15) is 0 Å². The number of nitrogens with one attached hydrogen (secondary N) is 2. The third kappa shape index (κ3) is 7.31. The van der Waals surface area contributed by atoms with E-state index in [-0.39, 0.29) is 0 Å². The van der Waals surface area contributed by atoms with Crippen LogP contribution >= 0.6 is 0 Å². The molecule has 0 fully saturated rings. The van der Waals surface area contributed by atoms with Crippen LogP contribution in [0.2, 0.25) is 0 Å². The Labute approximate surface area is 134 Å². The zero-order chi connectivity index (χ0) is 16.2. The average Bonchev–Trinajstić information content (AvgIpc) is 2.53. The summed E-state index contributed by atoms with van der Waals surface area (Å²) in [7, 11) is 1.75. The lowest BCUT2D eigenvalue weighted by Gasteiger charge is -2.13. The molecule has 0 atom stereocenters. The quantitative estimate of drug-likeness (QED) is 0.418. The Morgan fingerprint density at radius 2 is 1.73 bits per heavy atom. The highest BCUT2D eigenvalue weighted by Gasteiger charge is 2.00. The third-order valence-corrected chi connectivity index (χ3v) is 3.18. The summed E-state index contributed by atoms with van der Waals surface area (Å²) >= 11 is 0. The molecule has 22 heavy (non-hydrogen) atoms. The van der Waals surface area contributed by atoms with Crippen LogP contribution < -0.4 is 15.4 Å². The van der Waals surface area contributed by atoms with Gasteiger partial charge in [0, 0.05) is 20.2 Å². The molecular formula is C17H29N3O2. The van der Waals surface area contributed by atoms with Crippen molar-refractivity contribution in [2.75, 3.05) is 40.0 Å². The van der Waals surface area contributed by atoms with Crippen molar-refractivity contribution in [3.8, 4) is 5.75 Å². The first kappa shape index (κ1) is 18.3. The van der Waals surface area contributed by atoms with Gasteiger partial charge in [0.25, 0.3) is 0 Å². The van der Waals surface area contributed by atoms with E-state index >= 15 is 0 Å². The maximum atomic E-state index is 5.71. The number of hydrogen-bond donors (Lipinski definition) is 2. The lowest BCUT2D eigenvalue weighted by atomic mass is 10.0. The van der Waals surface area contributed by atoms with Gasteiger partial charge < -0.3 is 20.1 Å². The molecule has 1 aromatic rings. The Morgan fingerprint density at radius 1 is 1.09 bits per heavy atom. The van der Waals surface area contributed by atoms with Gasteiger partial charge in [-0.2, -0.15) is 0 Å². The topological polar surface area (TPSA) is 54.9 Å². The molecule has 1 rings (SSSR count). The van der Waals surface area contributed by atoms with Gasteiger partial charge in [-0.1, -0.05) is 26.0 Å². The van der Waals surface area contributed by atoms with Gasteiger partial charge in [0.2, 0.25) is 0 Å². The van der Waals surface area contributed by atoms with Crippen molar-refractivity contribution in [1.29, 1.82) is 0 Å². The first-order valence-corrected chi connectivity index (χ1v) is 7.92. The summed E-state index contributed by atoms with van der Waals surface area (Å²) in [6, 6.07) is 8.26. The fourth-order valence-electron chi connectivity index (χ4n) is 1.89. The molecule has 0 radical (unpaired) electrons. The highest BCUT2D eigenvalue weighted by atomic mass is 16.5. The molecule has 0 aliphatic rings. The molecular weight excluding hydrogens is 278 g/mol. The lowest BCUT2D eigenvalue weighted by molar-refractivity contribution is 0.152. The normalized spacial score (nSPS) is 11.6. The summed E-state index contributed by atoms with van der Waals surface area (Å²) in [4.78, 5) is 4.14. The molecule has 5 nitrogen and oxygen atoms in total. The largest absolute Gasteiger partial charge is 0.492 e. The van der Waals surface area contributed by atoms with E-state index in [1.54, 1.807) is 7.05 Å². The van der Waals surface area contributed by atoms with Gasteiger partial charge in [-0.25, -0.2) is 0 Å². The highest BCUT2D eigenvalue weighted by Crippen LogP contribution is 2.18. The SMILES string of the molecule is CCOCCNC(=NC)NCCOc1ccc(C(C)C)cc1. The maximum absolute atomic E-state index is 5.71. The molecule has 0 saturated carbocycles. The molecule has 0 amide bonds. The number of rotatable bonds is 9. The molecule has 124 valence electrons. The number of aliphatic imine (C=N–C) groups is 1. The molecule has 0 aromatic heterocycles. The second-order valence-electron chi connectivity index (χ2n) is 5.19. The molecule has 0 unspecified atom stereocenters. The predicted octanol–water partition coefficient (Wildman–Crippen LogP) is 2.39. The predicted molar refractivity (Wildman–Crippen MR) is 91.9 cm³/mol. The van der Waals surface area contributed by atoms with Crippen LogP contribution in [0.4, 0.5) is 0 Å².